The number of nitrogens with one attached hydrogen (secondary N) is 1. The predicted molar refractivity (Wildman–Crippen MR) is 125 cm³/mol. The van der Waals surface area contributed by atoms with Crippen molar-refractivity contribution in [3.63, 3.8) is 0 Å². The van der Waals surface area contributed by atoms with Gasteiger partial charge < -0.3 is 21.4 Å². The first kappa shape index (κ1) is 22.2. The number of β-lactam (4-membered cyclic amide) rings is 1. The van der Waals surface area contributed by atoms with E-state index in [1.165, 1.54) is 28.0 Å². The van der Waals surface area contributed by atoms with Gasteiger partial charge in [-0.2, -0.15) is 9.36 Å². The number of hydrogen-bond donors (Lipinski definition) is 4. The zero-order chi connectivity index (χ0) is 24.0. The normalized spacial score (nSPS) is 20.3. The summed E-state index contributed by atoms with van der Waals surface area (Å²) in [5, 5.41) is 24.6. The molecule has 2 aromatic heterocycles. The predicted octanol–water partition coefficient (Wildman–Crippen LogP) is 1.49. The lowest BCUT2D eigenvalue weighted by Gasteiger charge is -2.49. The number of aliphatic carboxylic acids is 1. The number of amides is 2. The van der Waals surface area contributed by atoms with E-state index in [1.807, 2.05) is 24.3 Å². The fourth-order valence-electron chi connectivity index (χ4n) is 3.86. The van der Waals surface area contributed by atoms with Crippen LogP contribution in [0.3, 0.4) is 0 Å². The van der Waals surface area contributed by atoms with Gasteiger partial charge in [-0.15, -0.1) is 11.3 Å². The van der Waals surface area contributed by atoms with Crippen LogP contribution in [0.5, 0.6) is 0 Å². The second kappa shape index (κ2) is 8.66. The zero-order valence-electron chi connectivity index (χ0n) is 17.0. The molecule has 34 heavy (non-hydrogen) atoms. The third-order valence-corrected chi connectivity index (χ3v) is 8.12. The van der Waals surface area contributed by atoms with Crippen LogP contribution in [-0.4, -0.2) is 65.1 Å². The summed E-state index contributed by atoms with van der Waals surface area (Å²) in [6.45, 7) is 0. The molecule has 15 heteroatoms. The molecule has 0 spiro atoms. The number of thioether (sulfide) groups is 1. The number of benzene rings is 1. The number of oxime groups is 1. The molecule has 5 rings (SSSR count). The van der Waals surface area contributed by atoms with Crippen LogP contribution in [0.2, 0.25) is 0 Å². The minimum Gasteiger partial charge on any atom is -0.477 e. The number of carboxylic acid groups (broad SMARTS) is 1. The molecule has 0 radical (unpaired) electrons. The van der Waals surface area contributed by atoms with Gasteiger partial charge in [0, 0.05) is 16.4 Å². The number of para-hydroxylation sites is 1. The van der Waals surface area contributed by atoms with E-state index in [1.54, 1.807) is 0 Å². The smallest absolute Gasteiger partial charge is 0.353 e. The molecule has 0 unspecified atom stereocenters. The Balaban J connectivity index is 1.35. The topological polar surface area (TPSA) is 184 Å². The highest BCUT2D eigenvalue weighted by Gasteiger charge is 2.54. The highest BCUT2D eigenvalue weighted by Crippen LogP contribution is 2.44. The number of thiazole rings is 1. The van der Waals surface area contributed by atoms with Gasteiger partial charge in [-0.3, -0.25) is 14.5 Å². The monoisotopic (exact) mass is 517 g/mol. The largest absolute Gasteiger partial charge is 0.477 e. The summed E-state index contributed by atoms with van der Waals surface area (Å²) in [5.41, 5.74) is 5.72. The fraction of sp³-hybridized carbons (Fsp3) is 0.211. The summed E-state index contributed by atoms with van der Waals surface area (Å²) in [4.78, 5) is 47.6. The number of nitrogens with two attached hydrogens (primary N) is 1. The summed E-state index contributed by atoms with van der Waals surface area (Å²) in [7, 11) is 0. The average Bonchev–Trinajstić information content (AvgIpc) is 3.43. The lowest BCUT2D eigenvalue weighted by Crippen LogP contribution is -2.72. The Morgan fingerprint density at radius 2 is 2.09 bits per heavy atom. The van der Waals surface area contributed by atoms with Crippen LogP contribution < -0.4 is 11.1 Å². The van der Waals surface area contributed by atoms with Crippen LogP contribution in [-0.2, 0) is 14.4 Å². The third kappa shape index (κ3) is 3.76. The Morgan fingerprint density at radius 1 is 1.29 bits per heavy atom. The van der Waals surface area contributed by atoms with E-state index in [0.717, 1.165) is 21.7 Å². The van der Waals surface area contributed by atoms with Gasteiger partial charge in [0.05, 0.1) is 16.3 Å². The molecule has 5 N–H and O–H groups in total. The van der Waals surface area contributed by atoms with Gasteiger partial charge >= 0.3 is 5.97 Å². The molecule has 2 amide bonds. The van der Waals surface area contributed by atoms with Crippen molar-refractivity contribution in [1.82, 2.24) is 24.6 Å². The van der Waals surface area contributed by atoms with Crippen molar-refractivity contribution >= 4 is 73.5 Å². The summed E-state index contributed by atoms with van der Waals surface area (Å²) in [6.07, 6.45) is 0.836. The number of nitrogens with zero attached hydrogens (tertiary/aromatic N) is 5. The van der Waals surface area contributed by atoms with Gasteiger partial charge in [0.1, 0.15) is 11.7 Å². The lowest BCUT2D eigenvalue weighted by molar-refractivity contribution is -0.155. The fourth-order valence-corrected chi connectivity index (χ4v) is 6.59. The summed E-state index contributed by atoms with van der Waals surface area (Å²) in [6, 6.07) is 6.08. The summed E-state index contributed by atoms with van der Waals surface area (Å²) >= 11 is 3.50. The van der Waals surface area contributed by atoms with Crippen molar-refractivity contribution in [2.24, 2.45) is 5.16 Å². The van der Waals surface area contributed by atoms with Crippen molar-refractivity contribution < 1.29 is 24.7 Å². The molecule has 1 saturated heterocycles. The van der Waals surface area contributed by atoms with Gasteiger partial charge in [-0.25, -0.2) is 9.78 Å². The molecule has 0 saturated carbocycles. The van der Waals surface area contributed by atoms with Crippen molar-refractivity contribution in [3.8, 4) is 0 Å². The Hall–Kier alpha value is -3.56. The number of carbonyl (C=O) groups excluding carboxylic acids is 2. The second-order valence-corrected chi connectivity index (χ2v) is 10.5. The minimum absolute atomic E-state index is 0.0801. The van der Waals surface area contributed by atoms with E-state index in [2.05, 4.69) is 24.8 Å². The molecule has 0 aliphatic carbocycles. The number of anilines is 1. The number of carbonyl (C=O) groups is 3. The molecule has 2 aliphatic rings. The van der Waals surface area contributed by atoms with Crippen molar-refractivity contribution in [2.45, 2.75) is 29.3 Å². The number of carboxylic acids is 1. The maximum absolute atomic E-state index is 12.9. The van der Waals surface area contributed by atoms with Gasteiger partial charge in [-0.05, 0) is 25.0 Å². The zero-order valence-corrected chi connectivity index (χ0v) is 19.5. The van der Waals surface area contributed by atoms with Gasteiger partial charge in [0.25, 0.3) is 11.8 Å². The molecule has 0 bridgehead atoms. The lowest BCUT2D eigenvalue weighted by atomic mass is 9.86. The Bertz CT molecular complexity index is 1360. The van der Waals surface area contributed by atoms with E-state index < -0.39 is 35.6 Å². The summed E-state index contributed by atoms with van der Waals surface area (Å²) < 4.78 is 5.49. The van der Waals surface area contributed by atoms with E-state index in [0.29, 0.717) is 22.1 Å². The molecule has 4 heterocycles. The van der Waals surface area contributed by atoms with E-state index in [-0.39, 0.29) is 16.7 Å². The number of rotatable bonds is 6. The number of allylic oxidation sites excluding steroid dienone is 1. The van der Waals surface area contributed by atoms with Gasteiger partial charge in [0.2, 0.25) is 11.5 Å². The molecule has 1 fully saturated rings. The van der Waals surface area contributed by atoms with E-state index in [9.17, 15) is 24.7 Å². The first-order valence-electron chi connectivity index (χ1n) is 9.82. The number of fused-ring (bicyclic) bond motifs is 2. The highest BCUT2D eigenvalue weighted by atomic mass is 32.2. The highest BCUT2D eigenvalue weighted by molar-refractivity contribution is 8.04. The molecular weight excluding hydrogens is 502 g/mol. The van der Waals surface area contributed by atoms with Gasteiger partial charge in [0.15, 0.2) is 9.47 Å². The first-order chi connectivity index (χ1) is 16.4. The Kier molecular flexibility index (Phi) is 5.66. The molecule has 2 atom stereocenters. The van der Waals surface area contributed by atoms with Crippen molar-refractivity contribution in [3.05, 3.63) is 40.7 Å². The quantitative estimate of drug-likeness (QED) is 0.162. The molecular formula is C19H15N7O5S3. The van der Waals surface area contributed by atoms with E-state index in [4.69, 9.17) is 5.73 Å². The van der Waals surface area contributed by atoms with Crippen LogP contribution in [0.25, 0.3) is 10.2 Å². The van der Waals surface area contributed by atoms with Crippen LogP contribution in [0.1, 0.15) is 18.7 Å². The summed E-state index contributed by atoms with van der Waals surface area (Å²) in [5.74, 6) is -2.84. The molecule has 3 aromatic rings. The van der Waals surface area contributed by atoms with E-state index >= 15 is 0 Å². The maximum Gasteiger partial charge on any atom is 0.353 e. The van der Waals surface area contributed by atoms with Crippen molar-refractivity contribution in [1.29, 1.82) is 0 Å². The Labute approximate surface area is 203 Å². The molecule has 1 aromatic carbocycles. The third-order valence-electron chi connectivity index (χ3n) is 5.33. The standard InChI is InChI=1S/C19H15N7O5S3/c20-18-23-14(25-34-18)12(24-31)15(27)22-11-8-5-6-10(13(17(29)30)26(8)16(11)28)33-19-21-7-3-1-2-4-9(7)32-19/h1-4,8,11,31H,5-6H2,(H,22,27)(H,29,30)(H2,20,23,25)/b24-12-/t8-,11+/m1/s1. The molecule has 12 nitrogen and oxygen atoms in total. The number of nitrogen functional groups attached to an aromatic ring is 1. The van der Waals surface area contributed by atoms with Crippen LogP contribution in [0.4, 0.5) is 5.13 Å². The number of aromatic nitrogens is 3. The van der Waals surface area contributed by atoms with Crippen LogP contribution in [0.15, 0.2) is 44.4 Å². The molecule has 2 aliphatic heterocycles. The molecule has 174 valence electrons. The second-order valence-electron chi connectivity index (χ2n) is 7.30. The van der Waals surface area contributed by atoms with Crippen LogP contribution >= 0.6 is 34.6 Å². The van der Waals surface area contributed by atoms with Crippen LogP contribution in [0, 0.1) is 0 Å². The first-order valence-corrected chi connectivity index (χ1v) is 12.2. The Morgan fingerprint density at radius 3 is 2.76 bits per heavy atom. The number of hydrogen-bond acceptors (Lipinski definition) is 12. The van der Waals surface area contributed by atoms with Gasteiger partial charge in [-0.1, -0.05) is 29.1 Å². The minimum atomic E-state index is -1.23. The maximum atomic E-state index is 12.9. The van der Waals surface area contributed by atoms with Crippen molar-refractivity contribution in [2.75, 3.05) is 5.73 Å². The SMILES string of the molecule is Nc1nc(/C(=N/O)C(=O)N[C@@H]2C(=O)N3C(C(=O)O)=C(Sc4nc5ccccc5s4)CC[C@H]23)ns1. The average molecular weight is 518 g/mol.